The largest absolute Gasteiger partial charge is 0.388 e. The van der Waals surface area contributed by atoms with E-state index in [1.54, 1.807) is 0 Å². The van der Waals surface area contributed by atoms with Gasteiger partial charge in [-0.15, -0.1) is 0 Å². The number of rotatable bonds is 3. The van der Waals surface area contributed by atoms with Gasteiger partial charge in [0.15, 0.2) is 0 Å². The topological polar surface area (TPSA) is 35.5 Å². The minimum Gasteiger partial charge on any atom is -0.388 e. The van der Waals surface area contributed by atoms with Crippen LogP contribution in [0.5, 0.6) is 0 Å². The maximum atomic E-state index is 10.3. The van der Waals surface area contributed by atoms with Crippen LogP contribution in [0.1, 0.15) is 32.1 Å². The highest BCUT2D eigenvalue weighted by atomic mass is 32.2. The number of fused-ring (bicyclic) bond motifs is 1. The summed E-state index contributed by atoms with van der Waals surface area (Å²) in [6.07, 6.45) is 6.30. The Balaban J connectivity index is 1.46. The monoisotopic (exact) mass is 256 g/mol. The van der Waals surface area contributed by atoms with Crippen LogP contribution in [0.25, 0.3) is 0 Å². The zero-order chi connectivity index (χ0) is 11.7. The molecule has 3 atom stereocenters. The van der Waals surface area contributed by atoms with E-state index in [1.807, 2.05) is 11.8 Å². The number of aliphatic hydroxyl groups is 1. The lowest BCUT2D eigenvalue weighted by molar-refractivity contribution is 0.0586. The Morgan fingerprint density at radius 1 is 1.35 bits per heavy atom. The third kappa shape index (κ3) is 2.80. The van der Waals surface area contributed by atoms with Crippen molar-refractivity contribution in [2.75, 3.05) is 31.1 Å². The first-order chi connectivity index (χ1) is 8.25. The van der Waals surface area contributed by atoms with Crippen molar-refractivity contribution < 1.29 is 5.11 Å². The minimum absolute atomic E-state index is 0.419. The van der Waals surface area contributed by atoms with Crippen molar-refractivity contribution in [3.63, 3.8) is 0 Å². The average Bonchev–Trinajstić information content (AvgIpc) is 2.95. The summed E-state index contributed by atoms with van der Waals surface area (Å²) < 4.78 is 0. The zero-order valence-electron chi connectivity index (χ0n) is 10.5. The Hall–Kier alpha value is 0.230. The molecule has 3 saturated heterocycles. The lowest BCUT2D eigenvalue weighted by Gasteiger charge is -2.36. The number of piperidine rings is 1. The van der Waals surface area contributed by atoms with Crippen molar-refractivity contribution in [2.45, 2.75) is 49.8 Å². The Labute approximate surface area is 108 Å². The van der Waals surface area contributed by atoms with Gasteiger partial charge in [-0.05, 0) is 50.9 Å². The normalized spacial score (nSPS) is 42.9. The molecule has 0 aliphatic carbocycles. The van der Waals surface area contributed by atoms with E-state index >= 15 is 0 Å². The van der Waals surface area contributed by atoms with Crippen LogP contribution in [0.4, 0.5) is 0 Å². The van der Waals surface area contributed by atoms with Gasteiger partial charge in [-0.2, -0.15) is 11.8 Å². The van der Waals surface area contributed by atoms with Gasteiger partial charge in [0.1, 0.15) is 0 Å². The van der Waals surface area contributed by atoms with E-state index < -0.39 is 5.60 Å². The van der Waals surface area contributed by atoms with Gasteiger partial charge in [-0.3, -0.25) is 0 Å². The van der Waals surface area contributed by atoms with Crippen LogP contribution >= 0.6 is 11.8 Å². The summed E-state index contributed by atoms with van der Waals surface area (Å²) >= 11 is 1.88. The molecule has 3 aliphatic rings. The number of hydrogen-bond acceptors (Lipinski definition) is 4. The fraction of sp³-hybridized carbons (Fsp3) is 1.00. The fourth-order valence-electron chi connectivity index (χ4n) is 3.48. The summed E-state index contributed by atoms with van der Waals surface area (Å²) in [6, 6.07) is 1.47. The quantitative estimate of drug-likeness (QED) is 0.792. The fourth-order valence-corrected chi connectivity index (χ4v) is 4.77. The van der Waals surface area contributed by atoms with E-state index in [0.29, 0.717) is 6.04 Å². The van der Waals surface area contributed by atoms with Crippen molar-refractivity contribution in [1.29, 1.82) is 0 Å². The molecule has 3 rings (SSSR count). The maximum Gasteiger partial charge on any atom is 0.0869 e. The van der Waals surface area contributed by atoms with Crippen LogP contribution in [0.15, 0.2) is 0 Å². The molecule has 3 nitrogen and oxygen atoms in total. The van der Waals surface area contributed by atoms with Crippen LogP contribution in [-0.2, 0) is 0 Å². The molecule has 3 aliphatic heterocycles. The maximum absolute atomic E-state index is 10.3. The molecular weight excluding hydrogens is 232 g/mol. The molecule has 0 aromatic carbocycles. The van der Waals surface area contributed by atoms with Crippen LogP contribution in [0.3, 0.4) is 0 Å². The van der Waals surface area contributed by atoms with Crippen LogP contribution in [0.2, 0.25) is 0 Å². The highest BCUT2D eigenvalue weighted by Crippen LogP contribution is 2.29. The molecular formula is C13H24N2OS. The first-order valence-electron chi connectivity index (χ1n) is 7.03. The Kier molecular flexibility index (Phi) is 3.67. The molecule has 3 heterocycles. The molecule has 2 N–H and O–H groups in total. The molecule has 0 saturated carbocycles. The van der Waals surface area contributed by atoms with E-state index in [2.05, 4.69) is 10.2 Å². The summed E-state index contributed by atoms with van der Waals surface area (Å²) in [7, 11) is 0. The molecule has 0 radical (unpaired) electrons. The van der Waals surface area contributed by atoms with E-state index in [4.69, 9.17) is 0 Å². The molecule has 3 fully saturated rings. The Morgan fingerprint density at radius 3 is 3.12 bits per heavy atom. The summed E-state index contributed by atoms with van der Waals surface area (Å²) in [5.41, 5.74) is -0.419. The smallest absolute Gasteiger partial charge is 0.0869 e. The second kappa shape index (κ2) is 5.08. The van der Waals surface area contributed by atoms with Gasteiger partial charge in [0.25, 0.3) is 0 Å². The van der Waals surface area contributed by atoms with Crippen molar-refractivity contribution >= 4 is 11.8 Å². The van der Waals surface area contributed by atoms with E-state index in [9.17, 15) is 5.11 Å². The molecule has 0 spiro atoms. The summed E-state index contributed by atoms with van der Waals surface area (Å²) in [5, 5.41) is 13.9. The third-order valence-corrected chi connectivity index (χ3v) is 5.86. The van der Waals surface area contributed by atoms with Gasteiger partial charge >= 0.3 is 0 Å². The van der Waals surface area contributed by atoms with Gasteiger partial charge in [0.05, 0.1) is 5.60 Å². The first-order valence-corrected chi connectivity index (χ1v) is 8.18. The van der Waals surface area contributed by atoms with Crippen molar-refractivity contribution in [3.05, 3.63) is 0 Å². The predicted octanol–water partition coefficient (Wildman–Crippen LogP) is 1.07. The van der Waals surface area contributed by atoms with Gasteiger partial charge < -0.3 is 15.3 Å². The van der Waals surface area contributed by atoms with E-state index in [1.165, 1.54) is 38.8 Å². The first kappa shape index (κ1) is 12.3. The van der Waals surface area contributed by atoms with Gasteiger partial charge in [0.2, 0.25) is 0 Å². The third-order valence-electron chi connectivity index (χ3n) is 4.62. The van der Waals surface area contributed by atoms with E-state index in [-0.39, 0.29) is 0 Å². The van der Waals surface area contributed by atoms with Crippen molar-refractivity contribution in [3.8, 4) is 0 Å². The molecule has 4 heteroatoms. The summed E-state index contributed by atoms with van der Waals surface area (Å²) in [5.74, 6) is 2.04. The molecule has 17 heavy (non-hydrogen) atoms. The molecule has 0 unspecified atom stereocenters. The molecule has 0 aromatic heterocycles. The summed E-state index contributed by atoms with van der Waals surface area (Å²) in [6.45, 7) is 3.38. The molecule has 98 valence electrons. The second-order valence-electron chi connectivity index (χ2n) is 5.96. The average molecular weight is 256 g/mol. The molecule has 0 amide bonds. The second-order valence-corrected chi connectivity index (χ2v) is 7.07. The molecule has 0 aromatic rings. The number of hydrogen-bond donors (Lipinski definition) is 2. The Bertz CT molecular complexity index is 268. The SMILES string of the molecule is O[C@]1(CN[C@H]2CCN3CCC[C@H]3C2)CCSC1. The lowest BCUT2D eigenvalue weighted by atomic mass is 9.96. The zero-order valence-corrected chi connectivity index (χ0v) is 11.3. The lowest BCUT2D eigenvalue weighted by Crippen LogP contribution is -2.50. The predicted molar refractivity (Wildman–Crippen MR) is 72.5 cm³/mol. The van der Waals surface area contributed by atoms with E-state index in [0.717, 1.165) is 30.5 Å². The van der Waals surface area contributed by atoms with Gasteiger partial charge in [-0.1, -0.05) is 0 Å². The minimum atomic E-state index is -0.419. The number of thioether (sulfide) groups is 1. The standard InChI is InChI=1S/C13H24N2OS/c16-13(4-7-17-10-13)9-14-11-3-6-15-5-1-2-12(15)8-11/h11-12,14,16H,1-10H2/t11-,12-,13-/m0/s1. The molecule has 0 bridgehead atoms. The van der Waals surface area contributed by atoms with Gasteiger partial charge in [-0.25, -0.2) is 0 Å². The number of nitrogens with one attached hydrogen (secondary N) is 1. The summed E-state index contributed by atoms with van der Waals surface area (Å²) in [4.78, 5) is 2.65. The van der Waals surface area contributed by atoms with Crippen LogP contribution < -0.4 is 5.32 Å². The Morgan fingerprint density at radius 2 is 2.29 bits per heavy atom. The van der Waals surface area contributed by atoms with Crippen LogP contribution in [-0.4, -0.2) is 58.8 Å². The number of nitrogens with zero attached hydrogens (tertiary/aromatic N) is 1. The van der Waals surface area contributed by atoms with Crippen molar-refractivity contribution in [1.82, 2.24) is 10.2 Å². The highest BCUT2D eigenvalue weighted by Gasteiger charge is 2.35. The van der Waals surface area contributed by atoms with Gasteiger partial charge in [0, 0.05) is 24.4 Å². The highest BCUT2D eigenvalue weighted by molar-refractivity contribution is 7.99. The van der Waals surface area contributed by atoms with Crippen molar-refractivity contribution in [2.24, 2.45) is 0 Å². The van der Waals surface area contributed by atoms with Crippen LogP contribution in [0, 0.1) is 0 Å².